The fraction of sp³-hybridized carbons (Fsp3) is 0.750. The monoisotopic (exact) mass is 298 g/mol. The van der Waals surface area contributed by atoms with Gasteiger partial charge in [-0.3, -0.25) is 0 Å². The Bertz CT molecular complexity index is 219. The maximum absolute atomic E-state index is 3.47. The zero-order chi connectivity index (χ0) is 12.6. The summed E-state index contributed by atoms with van der Waals surface area (Å²) in [6, 6.07) is 0. The molecule has 0 saturated heterocycles. The first kappa shape index (κ1) is 16.8. The number of allylic oxidation sites excluding steroid dienone is 2. The van der Waals surface area contributed by atoms with Crippen molar-refractivity contribution >= 4 is 15.9 Å². The van der Waals surface area contributed by atoms with Crippen molar-refractivity contribution in [2.24, 2.45) is 0 Å². The first-order valence-corrected chi connectivity index (χ1v) is 8.23. The predicted molar refractivity (Wildman–Crippen MR) is 82.6 cm³/mol. The molecule has 0 rings (SSSR count). The van der Waals surface area contributed by atoms with E-state index in [9.17, 15) is 0 Å². The highest BCUT2D eigenvalue weighted by molar-refractivity contribution is 9.09. The molecule has 0 aromatic rings. The number of rotatable bonds is 10. The lowest BCUT2D eigenvalue weighted by Gasteiger charge is -1.99. The second-order valence-corrected chi connectivity index (χ2v) is 5.19. The molecule has 0 N–H and O–H groups in total. The summed E-state index contributed by atoms with van der Waals surface area (Å²) in [5.41, 5.74) is 0. The molecule has 0 amide bonds. The third-order valence-electron chi connectivity index (χ3n) is 2.72. The molecule has 98 valence electrons. The van der Waals surface area contributed by atoms with Gasteiger partial charge in [0.05, 0.1) is 0 Å². The number of unbranched alkanes of at least 4 members (excludes halogenated alkanes) is 8. The third-order valence-corrected chi connectivity index (χ3v) is 3.29. The Kier molecular flexibility index (Phi) is 15.6. The van der Waals surface area contributed by atoms with Gasteiger partial charge in [-0.15, -0.1) is 0 Å². The molecular formula is C16H27Br. The van der Waals surface area contributed by atoms with Gasteiger partial charge in [-0.25, -0.2) is 0 Å². The van der Waals surface area contributed by atoms with Gasteiger partial charge >= 0.3 is 0 Å². The van der Waals surface area contributed by atoms with Gasteiger partial charge < -0.3 is 0 Å². The molecule has 0 aliphatic heterocycles. The molecule has 0 spiro atoms. The van der Waals surface area contributed by atoms with Gasteiger partial charge in [-0.05, 0) is 25.3 Å². The van der Waals surface area contributed by atoms with E-state index in [1.807, 2.05) is 6.08 Å². The Morgan fingerprint density at radius 1 is 0.882 bits per heavy atom. The molecule has 1 heteroatoms. The van der Waals surface area contributed by atoms with E-state index in [0.717, 1.165) is 18.2 Å². The van der Waals surface area contributed by atoms with Crippen LogP contribution in [0.1, 0.15) is 71.1 Å². The first-order valence-electron chi connectivity index (χ1n) is 7.11. The van der Waals surface area contributed by atoms with Crippen molar-refractivity contribution in [2.45, 2.75) is 71.1 Å². The normalized spacial score (nSPS) is 10.5. The lowest BCUT2D eigenvalue weighted by atomic mass is 10.1. The Morgan fingerprint density at radius 2 is 1.47 bits per heavy atom. The second kappa shape index (κ2) is 15.8. The topological polar surface area (TPSA) is 0 Å². The van der Waals surface area contributed by atoms with Crippen LogP contribution in [0.25, 0.3) is 0 Å². The van der Waals surface area contributed by atoms with Gasteiger partial charge in [0.2, 0.25) is 0 Å². The van der Waals surface area contributed by atoms with Crippen LogP contribution in [0.2, 0.25) is 0 Å². The van der Waals surface area contributed by atoms with Crippen molar-refractivity contribution in [2.75, 3.05) is 5.33 Å². The van der Waals surface area contributed by atoms with Crippen LogP contribution in [-0.4, -0.2) is 5.33 Å². The average molecular weight is 299 g/mol. The molecule has 0 aliphatic carbocycles. The lowest BCUT2D eigenvalue weighted by Crippen LogP contribution is -1.81. The van der Waals surface area contributed by atoms with Crippen LogP contribution in [0.3, 0.4) is 0 Å². The van der Waals surface area contributed by atoms with Gasteiger partial charge in [0.15, 0.2) is 0 Å². The highest BCUT2D eigenvalue weighted by Gasteiger charge is 1.91. The Balaban J connectivity index is 3.07. The van der Waals surface area contributed by atoms with Gasteiger partial charge in [0.1, 0.15) is 0 Å². The summed E-state index contributed by atoms with van der Waals surface area (Å²) in [6.45, 7) is 2.13. The minimum absolute atomic E-state index is 1.07. The van der Waals surface area contributed by atoms with Crippen LogP contribution in [0.15, 0.2) is 12.2 Å². The van der Waals surface area contributed by atoms with Crippen LogP contribution in [0.5, 0.6) is 0 Å². The maximum atomic E-state index is 3.47. The molecule has 0 unspecified atom stereocenters. The van der Waals surface area contributed by atoms with Crippen LogP contribution in [0.4, 0.5) is 0 Å². The highest BCUT2D eigenvalue weighted by atomic mass is 79.9. The summed E-state index contributed by atoms with van der Waals surface area (Å²) < 4.78 is 0. The van der Waals surface area contributed by atoms with Crippen LogP contribution in [0, 0.1) is 11.8 Å². The second-order valence-electron chi connectivity index (χ2n) is 4.40. The smallest absolute Gasteiger partial charge is 0.00922 e. The van der Waals surface area contributed by atoms with Crippen molar-refractivity contribution in [3.05, 3.63) is 12.2 Å². The van der Waals surface area contributed by atoms with Crippen LogP contribution in [-0.2, 0) is 0 Å². The fourth-order valence-corrected chi connectivity index (χ4v) is 2.07. The summed E-state index contributed by atoms with van der Waals surface area (Å²) >= 11 is 3.47. The van der Waals surface area contributed by atoms with E-state index in [1.165, 1.54) is 51.4 Å². The largest absolute Gasteiger partial charge is 0.0985 e. The van der Waals surface area contributed by atoms with E-state index >= 15 is 0 Å². The van der Waals surface area contributed by atoms with E-state index in [4.69, 9.17) is 0 Å². The molecule has 0 aromatic carbocycles. The molecule has 17 heavy (non-hydrogen) atoms. The molecule has 0 aliphatic rings. The summed E-state index contributed by atoms with van der Waals surface area (Å²) in [5, 5.41) is 1.16. The summed E-state index contributed by atoms with van der Waals surface area (Å²) in [6.07, 6.45) is 17.2. The van der Waals surface area contributed by atoms with E-state index in [0.29, 0.717) is 0 Å². The summed E-state index contributed by atoms with van der Waals surface area (Å²) in [4.78, 5) is 0. The average Bonchev–Trinajstić information content (AvgIpc) is 2.35. The van der Waals surface area contributed by atoms with Crippen molar-refractivity contribution in [1.82, 2.24) is 0 Å². The number of hydrogen-bond donors (Lipinski definition) is 0. The fourth-order valence-electron chi connectivity index (χ4n) is 1.68. The van der Waals surface area contributed by atoms with E-state index in [1.54, 1.807) is 0 Å². The Labute approximate surface area is 116 Å². The van der Waals surface area contributed by atoms with Crippen molar-refractivity contribution in [3.8, 4) is 11.8 Å². The minimum atomic E-state index is 1.07. The van der Waals surface area contributed by atoms with Crippen molar-refractivity contribution in [3.63, 3.8) is 0 Å². The zero-order valence-electron chi connectivity index (χ0n) is 11.3. The maximum Gasteiger partial charge on any atom is 0.00922 e. The van der Waals surface area contributed by atoms with Crippen molar-refractivity contribution < 1.29 is 0 Å². The standard InChI is InChI=1S/C16H27Br/c1-2-3-4-5-6-7-8-9-10-11-12-13-14-15-16-17/h3-4H,2,7-16H2,1H3/b4-3-. The SMILES string of the molecule is CC/C=C\C#CCCCCCCCCCCBr. The van der Waals surface area contributed by atoms with E-state index < -0.39 is 0 Å². The molecule has 0 radical (unpaired) electrons. The van der Waals surface area contributed by atoms with Crippen molar-refractivity contribution in [1.29, 1.82) is 0 Å². The quantitative estimate of drug-likeness (QED) is 0.269. The molecular weight excluding hydrogens is 272 g/mol. The lowest BCUT2D eigenvalue weighted by molar-refractivity contribution is 0.580. The molecule has 0 nitrogen and oxygen atoms in total. The Morgan fingerprint density at radius 3 is 2.06 bits per heavy atom. The van der Waals surface area contributed by atoms with Crippen LogP contribution >= 0.6 is 15.9 Å². The molecule has 0 heterocycles. The molecule has 0 saturated carbocycles. The first-order chi connectivity index (χ1) is 8.41. The predicted octanol–water partition coefficient (Wildman–Crippen LogP) is 5.86. The number of alkyl halides is 1. The number of hydrogen-bond acceptors (Lipinski definition) is 0. The van der Waals surface area contributed by atoms with Gasteiger partial charge in [0, 0.05) is 11.8 Å². The molecule has 0 aromatic heterocycles. The van der Waals surface area contributed by atoms with Gasteiger partial charge in [-0.1, -0.05) is 79.3 Å². The molecule has 0 bridgehead atoms. The van der Waals surface area contributed by atoms with Gasteiger partial charge in [-0.2, -0.15) is 0 Å². The molecule has 0 atom stereocenters. The number of halogens is 1. The molecule has 0 fully saturated rings. The highest BCUT2D eigenvalue weighted by Crippen LogP contribution is 2.09. The van der Waals surface area contributed by atoms with E-state index in [-0.39, 0.29) is 0 Å². The summed E-state index contributed by atoms with van der Waals surface area (Å²) in [7, 11) is 0. The minimum Gasteiger partial charge on any atom is -0.0985 e. The van der Waals surface area contributed by atoms with Gasteiger partial charge in [0.25, 0.3) is 0 Å². The zero-order valence-corrected chi connectivity index (χ0v) is 12.9. The summed E-state index contributed by atoms with van der Waals surface area (Å²) in [5.74, 6) is 6.27. The van der Waals surface area contributed by atoms with Crippen LogP contribution < -0.4 is 0 Å². The Hall–Kier alpha value is -0.220. The third kappa shape index (κ3) is 15.8. The van der Waals surface area contributed by atoms with E-state index in [2.05, 4.69) is 40.8 Å².